The Balaban J connectivity index is 1.76. The highest BCUT2D eigenvalue weighted by molar-refractivity contribution is 7.91. The molecule has 1 amide bonds. The summed E-state index contributed by atoms with van der Waals surface area (Å²) in [5.41, 5.74) is 0. The topological polar surface area (TPSA) is 70.9 Å². The minimum Gasteiger partial charge on any atom is -0.349 e. The number of amides is 1. The predicted molar refractivity (Wildman–Crippen MR) is 100 cm³/mol. The summed E-state index contributed by atoms with van der Waals surface area (Å²) in [4.78, 5) is 13.3. The van der Waals surface area contributed by atoms with Crippen LogP contribution in [0.5, 0.6) is 0 Å². The molecule has 0 radical (unpaired) electrons. The van der Waals surface area contributed by atoms with Gasteiger partial charge >= 0.3 is 0 Å². The summed E-state index contributed by atoms with van der Waals surface area (Å²) < 4.78 is 26.9. The second-order valence-corrected chi connectivity index (χ2v) is 10.3. The van der Waals surface area contributed by atoms with Crippen molar-refractivity contribution in [2.45, 2.75) is 43.9 Å². The van der Waals surface area contributed by atoms with Crippen LogP contribution in [0.15, 0.2) is 21.7 Å². The normalized spacial score (nSPS) is 18.4. The molecule has 25 heavy (non-hydrogen) atoms. The first-order valence-corrected chi connectivity index (χ1v) is 11.3. The SMILES string of the molecule is CC(C)CC[C@@H](C)NC(=O)C[NH+]1CCN(S(=O)(=O)c2cccs2)CC1. The quantitative estimate of drug-likeness (QED) is 0.684. The Morgan fingerprint density at radius 3 is 2.52 bits per heavy atom. The smallest absolute Gasteiger partial charge is 0.275 e. The van der Waals surface area contributed by atoms with Crippen molar-refractivity contribution in [3.63, 3.8) is 0 Å². The van der Waals surface area contributed by atoms with Crippen LogP contribution in [-0.4, -0.2) is 57.4 Å². The molecule has 0 bridgehead atoms. The van der Waals surface area contributed by atoms with Gasteiger partial charge in [0.2, 0.25) is 0 Å². The van der Waals surface area contributed by atoms with Gasteiger partial charge in [-0.15, -0.1) is 11.3 Å². The third-order valence-electron chi connectivity index (χ3n) is 4.51. The fourth-order valence-corrected chi connectivity index (χ4v) is 5.55. The Kier molecular flexibility index (Phi) is 7.42. The van der Waals surface area contributed by atoms with E-state index in [9.17, 15) is 13.2 Å². The van der Waals surface area contributed by atoms with Crippen molar-refractivity contribution in [2.24, 2.45) is 5.92 Å². The van der Waals surface area contributed by atoms with Crippen molar-refractivity contribution >= 4 is 27.3 Å². The van der Waals surface area contributed by atoms with Crippen LogP contribution < -0.4 is 10.2 Å². The lowest BCUT2D eigenvalue weighted by molar-refractivity contribution is -0.895. The van der Waals surface area contributed by atoms with Crippen molar-refractivity contribution in [1.82, 2.24) is 9.62 Å². The van der Waals surface area contributed by atoms with Crippen LogP contribution in [0.2, 0.25) is 0 Å². The molecule has 2 rings (SSSR count). The van der Waals surface area contributed by atoms with Crippen LogP contribution in [0.1, 0.15) is 33.6 Å². The van der Waals surface area contributed by atoms with Crippen LogP contribution in [0.4, 0.5) is 0 Å². The molecule has 1 aliphatic rings. The van der Waals surface area contributed by atoms with E-state index in [2.05, 4.69) is 19.2 Å². The summed E-state index contributed by atoms with van der Waals surface area (Å²) in [6, 6.07) is 3.59. The van der Waals surface area contributed by atoms with E-state index in [1.54, 1.807) is 17.5 Å². The maximum atomic E-state index is 12.5. The Morgan fingerprint density at radius 2 is 1.96 bits per heavy atom. The van der Waals surface area contributed by atoms with Gasteiger partial charge in [0.15, 0.2) is 6.54 Å². The van der Waals surface area contributed by atoms with Crippen molar-refractivity contribution in [1.29, 1.82) is 0 Å². The molecule has 0 aliphatic carbocycles. The van der Waals surface area contributed by atoms with E-state index < -0.39 is 10.0 Å². The monoisotopic (exact) mass is 388 g/mol. The Hall–Kier alpha value is -0.960. The number of thiophene rings is 1. The third-order valence-corrected chi connectivity index (χ3v) is 7.79. The largest absolute Gasteiger partial charge is 0.349 e. The zero-order valence-electron chi connectivity index (χ0n) is 15.3. The van der Waals surface area contributed by atoms with E-state index >= 15 is 0 Å². The molecule has 1 atom stereocenters. The Bertz CT molecular complexity index is 636. The van der Waals surface area contributed by atoms with Gasteiger partial charge < -0.3 is 10.2 Å². The number of nitrogens with one attached hydrogen (secondary N) is 2. The molecule has 1 fully saturated rings. The molecule has 6 nitrogen and oxygen atoms in total. The summed E-state index contributed by atoms with van der Waals surface area (Å²) in [6.45, 7) is 9.08. The first-order chi connectivity index (χ1) is 11.8. The lowest BCUT2D eigenvalue weighted by Gasteiger charge is -2.31. The van der Waals surface area contributed by atoms with E-state index in [4.69, 9.17) is 0 Å². The summed E-state index contributed by atoms with van der Waals surface area (Å²) >= 11 is 1.25. The Labute approximate surface area is 155 Å². The molecule has 1 aliphatic heterocycles. The molecule has 0 unspecified atom stereocenters. The number of hydrogen-bond acceptors (Lipinski definition) is 4. The summed E-state index contributed by atoms with van der Waals surface area (Å²) in [5.74, 6) is 0.698. The number of carbonyl (C=O) groups is 1. The summed E-state index contributed by atoms with van der Waals surface area (Å²) in [7, 11) is -3.37. The molecule has 1 aromatic heterocycles. The van der Waals surface area contributed by atoms with Gasteiger partial charge in [-0.2, -0.15) is 4.31 Å². The second-order valence-electron chi connectivity index (χ2n) is 7.20. The molecule has 1 saturated heterocycles. The number of quaternary nitrogens is 1. The molecule has 2 heterocycles. The van der Waals surface area contributed by atoms with Gasteiger partial charge in [-0.1, -0.05) is 19.9 Å². The van der Waals surface area contributed by atoms with Crippen molar-refractivity contribution in [3.05, 3.63) is 17.5 Å². The average molecular weight is 389 g/mol. The van der Waals surface area contributed by atoms with Gasteiger partial charge in [-0.25, -0.2) is 8.42 Å². The van der Waals surface area contributed by atoms with Crippen LogP contribution in [0.3, 0.4) is 0 Å². The van der Waals surface area contributed by atoms with E-state index in [1.807, 2.05) is 6.92 Å². The molecule has 1 aromatic rings. The molecular formula is C17H30N3O3S2+. The fourth-order valence-electron chi connectivity index (χ4n) is 2.97. The van der Waals surface area contributed by atoms with Gasteiger partial charge in [0.25, 0.3) is 15.9 Å². The first-order valence-electron chi connectivity index (χ1n) is 8.95. The standard InChI is InChI=1S/C17H29N3O3S2/c1-14(2)6-7-15(3)18-16(21)13-19-8-10-20(11-9-19)25(22,23)17-5-4-12-24-17/h4-5,12,14-15H,6-11,13H2,1-3H3,(H,18,21)/p+1/t15-/m1/s1. The lowest BCUT2D eigenvalue weighted by atomic mass is 10.0. The second kappa shape index (κ2) is 9.12. The van der Waals surface area contributed by atoms with E-state index in [1.165, 1.54) is 15.6 Å². The molecule has 2 N–H and O–H groups in total. The number of rotatable bonds is 8. The average Bonchev–Trinajstić information content (AvgIpc) is 3.08. The van der Waals surface area contributed by atoms with Crippen molar-refractivity contribution < 1.29 is 18.1 Å². The molecule has 0 aromatic carbocycles. The van der Waals surface area contributed by atoms with Gasteiger partial charge in [0.1, 0.15) is 4.21 Å². The van der Waals surface area contributed by atoms with E-state index in [0.717, 1.165) is 17.7 Å². The molecule has 8 heteroatoms. The van der Waals surface area contributed by atoms with Gasteiger partial charge in [-0.3, -0.25) is 4.79 Å². The molecule has 0 saturated carbocycles. The number of sulfonamides is 1. The molecule has 0 spiro atoms. The van der Waals surface area contributed by atoms with Crippen molar-refractivity contribution in [3.8, 4) is 0 Å². The van der Waals surface area contributed by atoms with Gasteiger partial charge in [-0.05, 0) is 37.1 Å². The Morgan fingerprint density at radius 1 is 1.28 bits per heavy atom. The number of hydrogen-bond donors (Lipinski definition) is 2. The summed E-state index contributed by atoms with van der Waals surface area (Å²) in [6.07, 6.45) is 2.10. The van der Waals surface area contributed by atoms with Gasteiger partial charge in [0, 0.05) is 6.04 Å². The highest BCUT2D eigenvalue weighted by Crippen LogP contribution is 2.20. The number of carbonyl (C=O) groups excluding carboxylic acids is 1. The minimum absolute atomic E-state index is 0.0563. The predicted octanol–water partition coefficient (Wildman–Crippen LogP) is 0.578. The zero-order chi connectivity index (χ0) is 18.4. The van der Waals surface area contributed by atoms with E-state index in [0.29, 0.717) is 42.9 Å². The fraction of sp³-hybridized carbons (Fsp3) is 0.706. The highest BCUT2D eigenvalue weighted by Gasteiger charge is 2.31. The van der Waals surface area contributed by atoms with Crippen LogP contribution in [0.25, 0.3) is 0 Å². The minimum atomic E-state index is -3.37. The summed E-state index contributed by atoms with van der Waals surface area (Å²) in [5, 5.41) is 4.83. The van der Waals surface area contributed by atoms with E-state index in [-0.39, 0.29) is 11.9 Å². The first kappa shape index (κ1) is 20.4. The van der Waals surface area contributed by atoms with Crippen LogP contribution in [0, 0.1) is 5.92 Å². The van der Waals surface area contributed by atoms with Crippen LogP contribution in [-0.2, 0) is 14.8 Å². The van der Waals surface area contributed by atoms with Crippen LogP contribution >= 0.6 is 11.3 Å². The lowest BCUT2D eigenvalue weighted by Crippen LogP contribution is -3.15. The molecule has 142 valence electrons. The maximum Gasteiger partial charge on any atom is 0.275 e. The van der Waals surface area contributed by atoms with Crippen molar-refractivity contribution in [2.75, 3.05) is 32.7 Å². The van der Waals surface area contributed by atoms with Gasteiger partial charge in [0.05, 0.1) is 26.2 Å². The zero-order valence-corrected chi connectivity index (χ0v) is 17.0. The number of nitrogens with zero attached hydrogens (tertiary/aromatic N) is 1. The number of piperazine rings is 1. The molecular weight excluding hydrogens is 358 g/mol. The highest BCUT2D eigenvalue weighted by atomic mass is 32.2. The maximum absolute atomic E-state index is 12.5. The third kappa shape index (κ3) is 6.06.